The number of hydrogen-bond donors (Lipinski definition) is 0. The first-order valence-corrected chi connectivity index (χ1v) is 13.6. The Labute approximate surface area is 210 Å². The van der Waals surface area contributed by atoms with Gasteiger partial charge >= 0.3 is 11.9 Å². The van der Waals surface area contributed by atoms with Crippen LogP contribution in [0.25, 0.3) is 0 Å². The molecule has 35 heavy (non-hydrogen) atoms. The first-order valence-electron chi connectivity index (χ1n) is 13.6. The number of esters is 2. The Balaban J connectivity index is 1.38. The van der Waals surface area contributed by atoms with E-state index in [1.54, 1.807) is 6.92 Å². The molecule has 4 fully saturated rings. The molecular formula is C31H40O4. The highest BCUT2D eigenvalue weighted by atomic mass is 16.6. The van der Waals surface area contributed by atoms with Crippen LogP contribution in [0.5, 0.6) is 0 Å². The van der Waals surface area contributed by atoms with Crippen LogP contribution in [0.2, 0.25) is 0 Å². The number of rotatable bonds is 2. The number of ether oxygens (including phenoxy) is 2. The van der Waals surface area contributed by atoms with Gasteiger partial charge < -0.3 is 9.47 Å². The predicted octanol–water partition coefficient (Wildman–Crippen LogP) is 6.31. The third-order valence-electron chi connectivity index (χ3n) is 10.5. The normalized spacial score (nSPS) is 41.9. The largest absolute Gasteiger partial charge is 0.462 e. The molecule has 0 radical (unpaired) electrons. The van der Waals surface area contributed by atoms with Crippen molar-refractivity contribution in [2.75, 3.05) is 0 Å². The first kappa shape index (κ1) is 24.4. The van der Waals surface area contributed by atoms with Crippen molar-refractivity contribution in [3.8, 4) is 11.8 Å². The smallest absolute Gasteiger partial charge is 0.304 e. The van der Waals surface area contributed by atoms with Gasteiger partial charge in [0.1, 0.15) is 6.10 Å². The molecule has 0 N–H and O–H groups in total. The lowest BCUT2D eigenvalue weighted by molar-refractivity contribution is -0.175. The summed E-state index contributed by atoms with van der Waals surface area (Å²) in [5.41, 5.74) is 0.649. The first-order chi connectivity index (χ1) is 16.7. The minimum absolute atomic E-state index is 0.0766. The predicted molar refractivity (Wildman–Crippen MR) is 135 cm³/mol. The molecule has 188 valence electrons. The molecule has 4 aliphatic carbocycles. The molecule has 4 heteroatoms. The van der Waals surface area contributed by atoms with Crippen LogP contribution in [0.3, 0.4) is 0 Å². The molecule has 4 nitrogen and oxygen atoms in total. The molecule has 8 atom stereocenters. The summed E-state index contributed by atoms with van der Waals surface area (Å²) in [6, 6.07) is 10.00. The van der Waals surface area contributed by atoms with Gasteiger partial charge in [0.25, 0.3) is 0 Å². The van der Waals surface area contributed by atoms with Crippen LogP contribution in [0.1, 0.15) is 91.0 Å². The Bertz CT molecular complexity index is 1040. The van der Waals surface area contributed by atoms with Crippen LogP contribution >= 0.6 is 0 Å². The topological polar surface area (TPSA) is 52.6 Å². The van der Waals surface area contributed by atoms with Gasteiger partial charge in [0.05, 0.1) is 0 Å². The molecule has 0 amide bonds. The maximum absolute atomic E-state index is 12.1. The molecule has 4 saturated carbocycles. The number of hydrogen-bond acceptors (Lipinski definition) is 4. The molecule has 0 aliphatic heterocycles. The van der Waals surface area contributed by atoms with Crippen molar-refractivity contribution in [3.05, 3.63) is 35.9 Å². The van der Waals surface area contributed by atoms with Gasteiger partial charge in [-0.2, -0.15) is 0 Å². The van der Waals surface area contributed by atoms with E-state index in [9.17, 15) is 9.59 Å². The van der Waals surface area contributed by atoms with Gasteiger partial charge in [-0.05, 0) is 98.5 Å². The lowest BCUT2D eigenvalue weighted by Gasteiger charge is -2.61. The van der Waals surface area contributed by atoms with E-state index in [0.29, 0.717) is 23.7 Å². The quantitative estimate of drug-likeness (QED) is 0.370. The van der Waals surface area contributed by atoms with Gasteiger partial charge in [0, 0.05) is 31.2 Å². The molecule has 1 aromatic carbocycles. The summed E-state index contributed by atoms with van der Waals surface area (Å²) in [5, 5.41) is 0. The fourth-order valence-corrected chi connectivity index (χ4v) is 8.79. The van der Waals surface area contributed by atoms with E-state index in [0.717, 1.165) is 37.7 Å². The number of benzene rings is 1. The second-order valence-corrected chi connectivity index (χ2v) is 12.3. The van der Waals surface area contributed by atoms with Crippen molar-refractivity contribution in [2.24, 2.45) is 34.5 Å². The molecular weight excluding hydrogens is 436 g/mol. The maximum Gasteiger partial charge on any atom is 0.304 e. The summed E-state index contributed by atoms with van der Waals surface area (Å²) in [7, 11) is 0. The summed E-state index contributed by atoms with van der Waals surface area (Å²) < 4.78 is 11.8. The summed E-state index contributed by atoms with van der Waals surface area (Å²) >= 11 is 0. The van der Waals surface area contributed by atoms with Gasteiger partial charge in [0.2, 0.25) is 0 Å². The van der Waals surface area contributed by atoms with E-state index >= 15 is 0 Å². The van der Waals surface area contributed by atoms with E-state index in [-0.39, 0.29) is 28.9 Å². The monoisotopic (exact) mass is 476 g/mol. The Morgan fingerprint density at radius 1 is 0.857 bits per heavy atom. The van der Waals surface area contributed by atoms with Crippen molar-refractivity contribution < 1.29 is 19.1 Å². The Morgan fingerprint density at radius 3 is 2.31 bits per heavy atom. The molecule has 0 bridgehead atoms. The van der Waals surface area contributed by atoms with Crippen molar-refractivity contribution in [2.45, 2.75) is 97.2 Å². The zero-order chi connectivity index (χ0) is 24.8. The third-order valence-corrected chi connectivity index (χ3v) is 10.5. The van der Waals surface area contributed by atoms with Crippen molar-refractivity contribution in [1.29, 1.82) is 0 Å². The minimum Gasteiger partial charge on any atom is -0.462 e. The number of fused-ring (bicyclic) bond motifs is 5. The molecule has 0 spiro atoms. The lowest BCUT2D eigenvalue weighted by Crippen LogP contribution is -2.56. The molecule has 0 unspecified atom stereocenters. The molecule has 1 aromatic rings. The SMILES string of the molecule is CC(=O)O[C@@H]1CC[C@H]2[C@H]3CC[C@@H]4C[C@](C#Cc5ccccc5)(OC(C)=O)CC[C@]4(C)[C@@H]3CC[C@]12C. The van der Waals surface area contributed by atoms with Crippen LogP contribution in [0, 0.1) is 46.3 Å². The van der Waals surface area contributed by atoms with E-state index in [1.807, 2.05) is 30.3 Å². The fraction of sp³-hybridized carbons (Fsp3) is 0.677. The Morgan fingerprint density at radius 2 is 1.60 bits per heavy atom. The maximum atomic E-state index is 12.1. The van der Waals surface area contributed by atoms with Crippen molar-refractivity contribution in [1.82, 2.24) is 0 Å². The highest BCUT2D eigenvalue weighted by Crippen LogP contribution is 2.67. The summed E-state index contributed by atoms with van der Waals surface area (Å²) in [6.07, 6.45) is 9.69. The van der Waals surface area contributed by atoms with E-state index in [4.69, 9.17) is 9.47 Å². The van der Waals surface area contributed by atoms with E-state index in [2.05, 4.69) is 25.7 Å². The Hall–Kier alpha value is -2.28. The standard InChI is InChI=1S/C31H40O4/c1-21(32)34-28-13-12-26-25-11-10-24-20-31(35-22(2)33,17-14-23-8-6-5-7-9-23)19-18-29(24,3)27(25)15-16-30(26,28)4/h5-9,24-28H,10-13,15-16,18-20H2,1-4H3/t24-,25-,26+,27-,28-,29+,30+,31-/m1/s1. The van der Waals surface area contributed by atoms with Crippen molar-refractivity contribution >= 4 is 11.9 Å². The van der Waals surface area contributed by atoms with Gasteiger partial charge in [-0.25, -0.2) is 0 Å². The molecule has 0 heterocycles. The third kappa shape index (κ3) is 4.30. The summed E-state index contributed by atoms with van der Waals surface area (Å²) in [6.45, 7) is 7.96. The van der Waals surface area contributed by atoms with Crippen LogP contribution in [0.4, 0.5) is 0 Å². The van der Waals surface area contributed by atoms with Crippen LogP contribution < -0.4 is 0 Å². The number of carbonyl (C=O) groups is 2. The van der Waals surface area contributed by atoms with Gasteiger partial charge in [-0.1, -0.05) is 38.0 Å². The fourth-order valence-electron chi connectivity index (χ4n) is 8.79. The molecule has 4 aliphatic rings. The van der Waals surface area contributed by atoms with Crippen molar-refractivity contribution in [3.63, 3.8) is 0 Å². The minimum atomic E-state index is -0.685. The summed E-state index contributed by atoms with van der Waals surface area (Å²) in [4.78, 5) is 23.9. The van der Waals surface area contributed by atoms with Gasteiger partial charge in [0.15, 0.2) is 5.60 Å². The van der Waals surface area contributed by atoms with Gasteiger partial charge in [-0.15, -0.1) is 0 Å². The lowest BCUT2D eigenvalue weighted by atomic mass is 9.44. The highest BCUT2D eigenvalue weighted by Gasteiger charge is 2.62. The zero-order valence-electron chi connectivity index (χ0n) is 21.8. The second kappa shape index (κ2) is 8.99. The summed E-state index contributed by atoms with van der Waals surface area (Å²) in [5.74, 6) is 8.91. The number of carbonyl (C=O) groups excluding carboxylic acids is 2. The van der Waals surface area contributed by atoms with Crippen LogP contribution in [-0.4, -0.2) is 23.6 Å². The van der Waals surface area contributed by atoms with E-state index in [1.165, 1.54) is 32.6 Å². The Kier molecular flexibility index (Phi) is 6.27. The van der Waals surface area contributed by atoms with E-state index < -0.39 is 5.60 Å². The second-order valence-electron chi connectivity index (χ2n) is 12.3. The van der Waals surface area contributed by atoms with Crippen LogP contribution in [-0.2, 0) is 19.1 Å². The zero-order valence-corrected chi connectivity index (χ0v) is 21.8. The highest BCUT2D eigenvalue weighted by molar-refractivity contribution is 5.67. The van der Waals surface area contributed by atoms with Crippen LogP contribution in [0.15, 0.2) is 30.3 Å². The molecule has 0 aromatic heterocycles. The average molecular weight is 477 g/mol. The average Bonchev–Trinajstić information content (AvgIpc) is 3.14. The molecule has 5 rings (SSSR count). The molecule has 0 saturated heterocycles. The van der Waals surface area contributed by atoms with Gasteiger partial charge in [-0.3, -0.25) is 9.59 Å².